The van der Waals surface area contributed by atoms with E-state index in [-0.39, 0.29) is 25.7 Å². The Kier molecular flexibility index (Phi) is 58.7. The van der Waals surface area contributed by atoms with Crippen LogP contribution in [0.25, 0.3) is 0 Å². The van der Waals surface area contributed by atoms with Crippen LogP contribution in [0.4, 0.5) is 0 Å². The van der Waals surface area contributed by atoms with Crippen LogP contribution in [0.15, 0.2) is 0 Å². The van der Waals surface area contributed by atoms with Gasteiger partial charge in [-0.3, -0.25) is 37.3 Å². The summed E-state index contributed by atoms with van der Waals surface area (Å²) in [5.74, 6) is 0.102. The van der Waals surface area contributed by atoms with Crippen LogP contribution in [0.3, 0.4) is 0 Å². The summed E-state index contributed by atoms with van der Waals surface area (Å²) in [4.78, 5) is 72.4. The molecule has 0 heterocycles. The fourth-order valence-corrected chi connectivity index (χ4v) is 11.9. The zero-order valence-electron chi connectivity index (χ0n) is 57.2. The van der Waals surface area contributed by atoms with Gasteiger partial charge in [-0.1, -0.05) is 292 Å². The van der Waals surface area contributed by atoms with Crippen molar-refractivity contribution in [1.29, 1.82) is 0 Å². The van der Waals surface area contributed by atoms with Gasteiger partial charge in [-0.25, -0.2) is 9.13 Å². The van der Waals surface area contributed by atoms with Crippen molar-refractivity contribution >= 4 is 39.5 Å². The summed E-state index contributed by atoms with van der Waals surface area (Å²) in [6.07, 6.45) is 43.1. The van der Waals surface area contributed by atoms with Crippen molar-refractivity contribution in [3.8, 4) is 0 Å². The summed E-state index contributed by atoms with van der Waals surface area (Å²) in [5.41, 5.74) is 0. The van der Waals surface area contributed by atoms with Crippen LogP contribution in [0.1, 0.15) is 344 Å². The first-order valence-electron chi connectivity index (χ1n) is 35.8. The number of hydrogen-bond acceptors (Lipinski definition) is 15. The molecule has 2 unspecified atom stereocenters. The van der Waals surface area contributed by atoms with Crippen LogP contribution >= 0.6 is 15.6 Å². The van der Waals surface area contributed by atoms with E-state index < -0.39 is 97.5 Å². The van der Waals surface area contributed by atoms with E-state index in [0.29, 0.717) is 25.7 Å². The molecule has 0 radical (unpaired) electrons. The highest BCUT2D eigenvalue weighted by Gasteiger charge is 2.30. The number of phosphoric acid groups is 2. The number of esters is 4. The average Bonchev–Trinajstić information content (AvgIpc) is 3.70. The Morgan fingerprint density at radius 2 is 0.523 bits per heavy atom. The van der Waals surface area contributed by atoms with Crippen molar-refractivity contribution in [3.63, 3.8) is 0 Å². The molecule has 0 amide bonds. The number of unbranched alkanes of at least 4 members (excludes halogenated alkanes) is 35. The SMILES string of the molecule is CCCCCCCCCCCCC(=O)OC[C@H](COP(=O)(O)OC[C@H](O)COP(=O)(O)OC[C@@H](COC(=O)CCCCCCCCCCC(C)C)OC(=O)CCCCCCCCCCCCCCCC(C)C)OC(=O)CCCCCCCCCCC(C)C. The Morgan fingerprint density at radius 3 is 0.773 bits per heavy atom. The Hall–Kier alpha value is -1.94. The van der Waals surface area contributed by atoms with Crippen LogP contribution in [-0.2, 0) is 65.4 Å². The van der Waals surface area contributed by atoms with Crippen molar-refractivity contribution in [3.05, 3.63) is 0 Å². The van der Waals surface area contributed by atoms with E-state index in [0.717, 1.165) is 108 Å². The zero-order valence-corrected chi connectivity index (χ0v) is 59.0. The van der Waals surface area contributed by atoms with Gasteiger partial charge in [0, 0.05) is 25.7 Å². The number of aliphatic hydroxyl groups excluding tert-OH is 1. The van der Waals surface area contributed by atoms with Gasteiger partial charge in [-0.2, -0.15) is 0 Å². The summed E-state index contributed by atoms with van der Waals surface area (Å²) < 4.78 is 68.2. The lowest BCUT2D eigenvalue weighted by atomic mass is 10.0. The van der Waals surface area contributed by atoms with E-state index in [1.807, 2.05) is 0 Å². The van der Waals surface area contributed by atoms with Crippen LogP contribution < -0.4 is 0 Å². The minimum atomic E-state index is -4.95. The molecule has 0 fully saturated rings. The second-order valence-corrected chi connectivity index (χ2v) is 29.3. The van der Waals surface area contributed by atoms with Crippen molar-refractivity contribution in [1.82, 2.24) is 0 Å². The predicted molar refractivity (Wildman–Crippen MR) is 354 cm³/mol. The van der Waals surface area contributed by atoms with Gasteiger partial charge in [0.05, 0.1) is 26.4 Å². The van der Waals surface area contributed by atoms with Gasteiger partial charge in [0.1, 0.15) is 19.3 Å². The smallest absolute Gasteiger partial charge is 0.462 e. The van der Waals surface area contributed by atoms with Gasteiger partial charge in [0.2, 0.25) is 0 Å². The molecule has 5 atom stereocenters. The first kappa shape index (κ1) is 86.1. The topological polar surface area (TPSA) is 237 Å². The van der Waals surface area contributed by atoms with E-state index in [4.69, 9.17) is 37.0 Å². The van der Waals surface area contributed by atoms with Crippen LogP contribution in [0.5, 0.6) is 0 Å². The van der Waals surface area contributed by atoms with Crippen LogP contribution in [0, 0.1) is 17.8 Å². The molecule has 3 N–H and O–H groups in total. The standard InChI is InChI=1S/C69H134O17P2/c1-8-9-10-11-12-13-20-29-36-43-50-66(71)79-56-65(86-69(74)53-46-39-32-25-23-28-35-42-49-62(6)7)59-84-88(77,78)82-55-63(70)54-81-87(75,76)83-58-64(57-80-67(72)51-44-37-30-24-22-27-34-41-48-61(4)5)85-68(73)52-45-38-31-21-18-16-14-15-17-19-26-33-40-47-60(2)3/h60-65,70H,8-59H2,1-7H3,(H,75,76)(H,77,78)/t63-,64-,65-/m1/s1. The zero-order chi connectivity index (χ0) is 65.2. The molecule has 0 spiro atoms. The molecule has 0 rings (SSSR count). The molecule has 0 aliphatic rings. The minimum absolute atomic E-state index is 0.104. The van der Waals surface area contributed by atoms with E-state index in [9.17, 15) is 43.2 Å². The number of phosphoric ester groups is 2. The summed E-state index contributed by atoms with van der Waals surface area (Å²) in [7, 11) is -9.90. The maximum absolute atomic E-state index is 13.0. The fraction of sp³-hybridized carbons (Fsp3) is 0.942. The van der Waals surface area contributed by atoms with Gasteiger partial charge < -0.3 is 33.8 Å². The average molecular weight is 1300 g/mol. The van der Waals surface area contributed by atoms with Crippen LogP contribution in [0.2, 0.25) is 0 Å². The van der Waals surface area contributed by atoms with E-state index in [1.54, 1.807) is 0 Å². The third-order valence-electron chi connectivity index (χ3n) is 15.9. The lowest BCUT2D eigenvalue weighted by Crippen LogP contribution is -2.30. The predicted octanol–water partition coefficient (Wildman–Crippen LogP) is 19.5. The third-order valence-corrected chi connectivity index (χ3v) is 17.8. The van der Waals surface area contributed by atoms with E-state index in [1.165, 1.54) is 154 Å². The number of carbonyl (C=O) groups excluding carboxylic acids is 4. The number of rotatable bonds is 67. The second-order valence-electron chi connectivity index (χ2n) is 26.3. The van der Waals surface area contributed by atoms with Crippen molar-refractivity contribution in [2.24, 2.45) is 17.8 Å². The molecule has 0 aliphatic heterocycles. The molecule has 0 aromatic heterocycles. The number of carbonyl (C=O) groups is 4. The molecule has 0 bridgehead atoms. The summed E-state index contributed by atoms with van der Waals surface area (Å²) in [6.45, 7) is 11.8. The molecule has 0 aromatic carbocycles. The Labute approximate surface area is 537 Å². The highest BCUT2D eigenvalue weighted by Crippen LogP contribution is 2.45. The van der Waals surface area contributed by atoms with Crippen LogP contribution in [-0.4, -0.2) is 96.7 Å². The van der Waals surface area contributed by atoms with Gasteiger partial charge in [0.15, 0.2) is 12.2 Å². The van der Waals surface area contributed by atoms with Crippen molar-refractivity contribution in [2.45, 2.75) is 362 Å². The quantitative estimate of drug-likeness (QED) is 0.0222. The van der Waals surface area contributed by atoms with E-state index in [2.05, 4.69) is 48.5 Å². The van der Waals surface area contributed by atoms with Gasteiger partial charge >= 0.3 is 39.5 Å². The highest BCUT2D eigenvalue weighted by atomic mass is 31.2. The molecule has 19 heteroatoms. The fourth-order valence-electron chi connectivity index (χ4n) is 10.4. The number of aliphatic hydroxyl groups is 1. The van der Waals surface area contributed by atoms with Gasteiger partial charge in [-0.15, -0.1) is 0 Å². The third kappa shape index (κ3) is 62.8. The second kappa shape index (κ2) is 60.0. The lowest BCUT2D eigenvalue weighted by molar-refractivity contribution is -0.161. The Morgan fingerprint density at radius 1 is 0.307 bits per heavy atom. The first-order chi connectivity index (χ1) is 42.2. The number of ether oxygens (including phenoxy) is 4. The molecule has 522 valence electrons. The lowest BCUT2D eigenvalue weighted by Gasteiger charge is -2.21. The van der Waals surface area contributed by atoms with Crippen molar-refractivity contribution in [2.75, 3.05) is 39.6 Å². The first-order valence-corrected chi connectivity index (χ1v) is 38.8. The van der Waals surface area contributed by atoms with Crippen molar-refractivity contribution < 1.29 is 80.2 Å². The monoisotopic (exact) mass is 1300 g/mol. The van der Waals surface area contributed by atoms with E-state index >= 15 is 0 Å². The molecule has 0 aromatic rings. The largest absolute Gasteiger partial charge is 0.472 e. The molecule has 88 heavy (non-hydrogen) atoms. The summed E-state index contributed by atoms with van der Waals surface area (Å²) >= 11 is 0. The van der Waals surface area contributed by atoms with Gasteiger partial charge in [-0.05, 0) is 43.4 Å². The minimum Gasteiger partial charge on any atom is -0.462 e. The molecule has 0 aliphatic carbocycles. The Bertz CT molecular complexity index is 1730. The number of hydrogen-bond donors (Lipinski definition) is 3. The maximum Gasteiger partial charge on any atom is 0.472 e. The highest BCUT2D eigenvalue weighted by molar-refractivity contribution is 7.47. The molecule has 0 saturated carbocycles. The van der Waals surface area contributed by atoms with Gasteiger partial charge in [0.25, 0.3) is 0 Å². The molecule has 0 saturated heterocycles. The summed E-state index contributed by atoms with van der Waals surface area (Å²) in [6, 6.07) is 0. The Balaban J connectivity index is 5.24. The maximum atomic E-state index is 13.0. The molecular formula is C69H134O17P2. The summed E-state index contributed by atoms with van der Waals surface area (Å²) in [5, 5.41) is 10.6. The molecular weight excluding hydrogens is 1160 g/mol. The molecule has 17 nitrogen and oxygen atoms in total. The normalized spacial score (nSPS) is 14.2.